The van der Waals surface area contributed by atoms with Gasteiger partial charge in [0.1, 0.15) is 11.6 Å². The van der Waals surface area contributed by atoms with Crippen LogP contribution in [0, 0.1) is 17.8 Å². The Kier molecular flexibility index (Phi) is 9.80. The lowest BCUT2D eigenvalue weighted by atomic mass is 10.1. The molecule has 1 amide bonds. The number of carbonyl (C=O) groups excluding carboxylic acids is 1. The Morgan fingerprint density at radius 3 is 2.24 bits per heavy atom. The number of benzene rings is 2. The molecule has 0 spiro atoms. The fourth-order valence-corrected chi connectivity index (χ4v) is 5.88. The summed E-state index contributed by atoms with van der Waals surface area (Å²) in [6.07, 6.45) is 1.46. The molecule has 0 radical (unpaired) electrons. The molecule has 0 aliphatic carbocycles. The summed E-state index contributed by atoms with van der Waals surface area (Å²) in [6, 6.07) is 17.1. The molecule has 3 aromatic rings. The van der Waals surface area contributed by atoms with Crippen LogP contribution in [-0.2, 0) is 21.5 Å². The van der Waals surface area contributed by atoms with Gasteiger partial charge >= 0.3 is 5.97 Å². The molecule has 220 valence electrons. The predicted octanol–water partition coefficient (Wildman–Crippen LogP) is 1.77. The third-order valence-electron chi connectivity index (χ3n) is 6.81. The number of anilines is 1. The number of carboxylic acids is 1. The molecule has 1 saturated heterocycles. The van der Waals surface area contributed by atoms with E-state index in [2.05, 4.69) is 26.9 Å². The molecule has 4 rings (SSSR count). The number of aliphatic carboxylic acids is 1. The second-order valence-corrected chi connectivity index (χ2v) is 11.9. The summed E-state index contributed by atoms with van der Waals surface area (Å²) in [5, 5.41) is 12.1. The van der Waals surface area contributed by atoms with Gasteiger partial charge in [0.2, 0.25) is 0 Å². The second kappa shape index (κ2) is 13.5. The smallest absolute Gasteiger partial charge is 0.322 e. The molecule has 11 nitrogen and oxygen atoms in total. The number of H-pyrrole nitrogens is 1. The molecule has 12 heteroatoms. The molecule has 1 aliphatic rings. The largest absolute Gasteiger partial charge is 0.480 e. The molecular weight excluding hydrogens is 558 g/mol. The standard InChI is InChI=1S/C30H33N5O6S/c1-21(2)27(30(38)39)33-42(40,41)35-16-14-34(15-17-35)25-12-10-22(11-13-25)8-9-24-18-26(29(37)32-20-24)28(36)31-19-23-6-4-3-5-7-23/h3-7,10-13,18,20-21,27,33H,14-17,19H2,1-2H3,(H,31,36)(H,32,37)(H,38,39). The maximum Gasteiger partial charge on any atom is 0.322 e. The molecule has 1 unspecified atom stereocenters. The summed E-state index contributed by atoms with van der Waals surface area (Å²) >= 11 is 0. The Bertz CT molecular complexity index is 1640. The van der Waals surface area contributed by atoms with Crippen molar-refractivity contribution < 1.29 is 23.1 Å². The van der Waals surface area contributed by atoms with E-state index in [4.69, 9.17) is 0 Å². The number of aromatic nitrogens is 1. The lowest BCUT2D eigenvalue weighted by Gasteiger charge is -2.36. The number of aromatic amines is 1. The zero-order valence-corrected chi connectivity index (χ0v) is 24.1. The third kappa shape index (κ3) is 7.85. The number of carbonyl (C=O) groups is 2. The number of pyridine rings is 1. The minimum absolute atomic E-state index is 0.0212. The molecule has 0 saturated carbocycles. The Hall–Kier alpha value is -4.44. The van der Waals surface area contributed by atoms with E-state index in [1.54, 1.807) is 13.8 Å². The predicted molar refractivity (Wildman–Crippen MR) is 159 cm³/mol. The Morgan fingerprint density at radius 2 is 1.62 bits per heavy atom. The van der Waals surface area contributed by atoms with Crippen molar-refractivity contribution in [2.45, 2.75) is 26.4 Å². The summed E-state index contributed by atoms with van der Waals surface area (Å²) in [6.45, 7) is 4.92. The number of hydrogen-bond donors (Lipinski definition) is 4. The molecule has 4 N–H and O–H groups in total. The van der Waals surface area contributed by atoms with Crippen molar-refractivity contribution in [2.24, 2.45) is 5.92 Å². The maximum atomic E-state index is 12.7. The van der Waals surface area contributed by atoms with E-state index in [-0.39, 0.29) is 18.7 Å². The van der Waals surface area contributed by atoms with Crippen LogP contribution in [0.25, 0.3) is 0 Å². The Morgan fingerprint density at radius 1 is 0.976 bits per heavy atom. The van der Waals surface area contributed by atoms with Crippen LogP contribution in [0.5, 0.6) is 0 Å². The molecule has 1 aromatic heterocycles. The van der Waals surface area contributed by atoms with Crippen LogP contribution < -0.4 is 20.5 Å². The van der Waals surface area contributed by atoms with Crippen LogP contribution in [-0.4, -0.2) is 66.9 Å². The number of rotatable bonds is 9. The highest BCUT2D eigenvalue weighted by Gasteiger charge is 2.33. The summed E-state index contributed by atoms with van der Waals surface area (Å²) in [4.78, 5) is 40.8. The highest BCUT2D eigenvalue weighted by atomic mass is 32.2. The summed E-state index contributed by atoms with van der Waals surface area (Å²) in [5.41, 5.74) is 2.50. The average Bonchev–Trinajstić information content (AvgIpc) is 2.99. The van der Waals surface area contributed by atoms with E-state index in [1.807, 2.05) is 59.5 Å². The van der Waals surface area contributed by atoms with Gasteiger partial charge in [-0.05, 0) is 41.8 Å². The van der Waals surface area contributed by atoms with Crippen LogP contribution in [0.1, 0.15) is 40.9 Å². The quantitative estimate of drug-likeness (QED) is 0.277. The van der Waals surface area contributed by atoms with Crippen molar-refractivity contribution in [2.75, 3.05) is 31.1 Å². The van der Waals surface area contributed by atoms with E-state index in [0.717, 1.165) is 16.8 Å². The second-order valence-electron chi connectivity index (χ2n) is 10.2. The van der Waals surface area contributed by atoms with Gasteiger partial charge in [0.15, 0.2) is 0 Å². The number of amides is 1. The highest BCUT2D eigenvalue weighted by molar-refractivity contribution is 7.87. The zero-order chi connectivity index (χ0) is 30.3. The minimum Gasteiger partial charge on any atom is -0.480 e. The fraction of sp³-hybridized carbons (Fsp3) is 0.300. The van der Waals surface area contributed by atoms with Gasteiger partial charge in [-0.25, -0.2) is 0 Å². The van der Waals surface area contributed by atoms with Gasteiger partial charge in [0.25, 0.3) is 21.7 Å². The van der Waals surface area contributed by atoms with E-state index in [0.29, 0.717) is 25.2 Å². The van der Waals surface area contributed by atoms with Crippen molar-refractivity contribution in [3.63, 3.8) is 0 Å². The number of nitrogens with one attached hydrogen (secondary N) is 3. The molecule has 0 bridgehead atoms. The summed E-state index contributed by atoms with van der Waals surface area (Å²) in [5.74, 6) is 3.92. The summed E-state index contributed by atoms with van der Waals surface area (Å²) in [7, 11) is -3.94. The lowest BCUT2D eigenvalue weighted by Crippen LogP contribution is -2.55. The first-order valence-corrected chi connectivity index (χ1v) is 14.9. The van der Waals surface area contributed by atoms with Crippen molar-refractivity contribution >= 4 is 27.8 Å². The topological polar surface area (TPSA) is 152 Å². The fourth-order valence-electron chi connectivity index (χ4n) is 4.39. The Labute approximate surface area is 244 Å². The maximum absolute atomic E-state index is 12.7. The first kappa shape index (κ1) is 30.5. The van der Waals surface area contributed by atoms with Crippen LogP contribution in [0.2, 0.25) is 0 Å². The minimum atomic E-state index is -3.94. The lowest BCUT2D eigenvalue weighted by molar-refractivity contribution is -0.140. The van der Waals surface area contributed by atoms with E-state index >= 15 is 0 Å². The molecule has 1 aliphatic heterocycles. The monoisotopic (exact) mass is 591 g/mol. The van der Waals surface area contributed by atoms with Crippen molar-refractivity contribution in [1.82, 2.24) is 19.3 Å². The van der Waals surface area contributed by atoms with Gasteiger partial charge in [0, 0.05) is 55.7 Å². The van der Waals surface area contributed by atoms with Crippen LogP contribution in [0.3, 0.4) is 0 Å². The van der Waals surface area contributed by atoms with E-state index in [9.17, 15) is 27.9 Å². The van der Waals surface area contributed by atoms with Gasteiger partial charge in [0.05, 0.1) is 0 Å². The number of carboxylic acid groups (broad SMARTS) is 1. The van der Waals surface area contributed by atoms with Gasteiger partial charge in [-0.1, -0.05) is 56.0 Å². The average molecular weight is 592 g/mol. The molecule has 2 heterocycles. The van der Waals surface area contributed by atoms with Crippen LogP contribution in [0.4, 0.5) is 5.69 Å². The molecule has 2 aromatic carbocycles. The van der Waals surface area contributed by atoms with E-state index < -0.39 is 39.6 Å². The molecule has 1 atom stereocenters. The zero-order valence-electron chi connectivity index (χ0n) is 23.3. The Balaban J connectivity index is 1.35. The van der Waals surface area contributed by atoms with Gasteiger partial charge < -0.3 is 20.3 Å². The van der Waals surface area contributed by atoms with Crippen molar-refractivity contribution in [3.05, 3.63) is 99.5 Å². The number of nitrogens with zero attached hydrogens (tertiary/aromatic N) is 2. The van der Waals surface area contributed by atoms with Crippen molar-refractivity contribution in [3.8, 4) is 11.8 Å². The number of piperazine rings is 1. The molecular formula is C30H33N5O6S. The highest BCUT2D eigenvalue weighted by Crippen LogP contribution is 2.19. The van der Waals surface area contributed by atoms with E-state index in [1.165, 1.54) is 16.6 Å². The first-order chi connectivity index (χ1) is 20.0. The van der Waals surface area contributed by atoms with Crippen LogP contribution >= 0.6 is 0 Å². The molecule has 1 fully saturated rings. The van der Waals surface area contributed by atoms with Crippen molar-refractivity contribution in [1.29, 1.82) is 0 Å². The number of hydrogen-bond acceptors (Lipinski definition) is 6. The SMILES string of the molecule is CC(C)C(NS(=O)(=O)N1CCN(c2ccc(C#Cc3c[nH]c(=O)c(C(=O)NCc4ccccc4)c3)cc2)CC1)C(=O)O. The van der Waals surface area contributed by atoms with Gasteiger partial charge in [-0.3, -0.25) is 14.4 Å². The molecule has 42 heavy (non-hydrogen) atoms. The first-order valence-electron chi connectivity index (χ1n) is 13.5. The van der Waals surface area contributed by atoms with Gasteiger partial charge in [-0.15, -0.1) is 0 Å². The van der Waals surface area contributed by atoms with Gasteiger partial charge in [-0.2, -0.15) is 17.4 Å². The third-order valence-corrected chi connectivity index (χ3v) is 8.41. The normalized spacial score (nSPS) is 14.6. The summed E-state index contributed by atoms with van der Waals surface area (Å²) < 4.78 is 29.0. The van der Waals surface area contributed by atoms with Crippen LogP contribution in [0.15, 0.2) is 71.7 Å².